The van der Waals surface area contributed by atoms with E-state index in [4.69, 9.17) is 4.74 Å². The van der Waals surface area contributed by atoms with Crippen LogP contribution in [0, 0.1) is 6.92 Å². The third kappa shape index (κ3) is 2.01. The van der Waals surface area contributed by atoms with Crippen molar-refractivity contribution < 1.29 is 4.74 Å². The van der Waals surface area contributed by atoms with Crippen molar-refractivity contribution in [2.24, 2.45) is 0 Å². The maximum absolute atomic E-state index is 5.31. The van der Waals surface area contributed by atoms with E-state index < -0.39 is 0 Å². The van der Waals surface area contributed by atoms with Gasteiger partial charge in [0, 0.05) is 0 Å². The molecule has 0 heterocycles. The molecule has 0 N–H and O–H groups in total. The Kier molecular flexibility index (Phi) is 2.72. The van der Waals surface area contributed by atoms with Gasteiger partial charge in [0.2, 0.25) is 0 Å². The Hall–Kier alpha value is -1.76. The zero-order valence-electron chi connectivity index (χ0n) is 9.03. The summed E-state index contributed by atoms with van der Waals surface area (Å²) in [7, 11) is 1.71. The van der Waals surface area contributed by atoms with Crippen molar-refractivity contribution in [3.63, 3.8) is 0 Å². The molecular formula is C14H14O. The zero-order chi connectivity index (χ0) is 10.7. The number of hydrogen-bond donors (Lipinski definition) is 0. The van der Waals surface area contributed by atoms with E-state index in [9.17, 15) is 0 Å². The molecule has 15 heavy (non-hydrogen) atoms. The van der Waals surface area contributed by atoms with Crippen molar-refractivity contribution in [3.8, 4) is 16.9 Å². The van der Waals surface area contributed by atoms with Crippen LogP contribution < -0.4 is 4.74 Å². The van der Waals surface area contributed by atoms with Crippen LogP contribution in [0.3, 0.4) is 0 Å². The maximum Gasteiger partial charge on any atom is 0.122 e. The fourth-order valence-electron chi connectivity index (χ4n) is 1.63. The van der Waals surface area contributed by atoms with Crippen LogP contribution in [0.15, 0.2) is 48.5 Å². The van der Waals surface area contributed by atoms with Crippen LogP contribution in [0.4, 0.5) is 0 Å². The average molecular weight is 198 g/mol. The monoisotopic (exact) mass is 198 g/mol. The predicted molar refractivity (Wildman–Crippen MR) is 63.2 cm³/mol. The van der Waals surface area contributed by atoms with E-state index in [-0.39, 0.29) is 0 Å². The average Bonchev–Trinajstić information content (AvgIpc) is 2.31. The van der Waals surface area contributed by atoms with Crippen molar-refractivity contribution in [3.05, 3.63) is 54.1 Å². The largest absolute Gasteiger partial charge is 0.496 e. The number of ether oxygens (including phenoxy) is 1. The fraction of sp³-hybridized carbons (Fsp3) is 0.143. The second-order valence-corrected chi connectivity index (χ2v) is 3.55. The molecule has 2 rings (SSSR count). The first-order valence-corrected chi connectivity index (χ1v) is 5.01. The van der Waals surface area contributed by atoms with Crippen molar-refractivity contribution in [2.75, 3.05) is 7.11 Å². The minimum atomic E-state index is 0.941. The van der Waals surface area contributed by atoms with Crippen molar-refractivity contribution in [1.29, 1.82) is 0 Å². The number of hydrogen-bond acceptors (Lipinski definition) is 1. The molecule has 2 aromatic rings. The van der Waals surface area contributed by atoms with E-state index in [1.807, 2.05) is 25.1 Å². The van der Waals surface area contributed by atoms with Crippen LogP contribution in [-0.4, -0.2) is 7.11 Å². The summed E-state index contributed by atoms with van der Waals surface area (Å²) in [5.74, 6) is 0.941. The highest BCUT2D eigenvalue weighted by Gasteiger charge is 2.01. The second-order valence-electron chi connectivity index (χ2n) is 3.55. The summed E-state index contributed by atoms with van der Waals surface area (Å²) in [4.78, 5) is 0. The highest BCUT2D eigenvalue weighted by molar-refractivity contribution is 5.65. The Morgan fingerprint density at radius 1 is 0.867 bits per heavy atom. The molecule has 1 nitrogen and oxygen atoms in total. The fourth-order valence-corrected chi connectivity index (χ4v) is 1.63. The number of benzene rings is 2. The van der Waals surface area contributed by atoms with Gasteiger partial charge in [-0.1, -0.05) is 42.5 Å². The summed E-state index contributed by atoms with van der Waals surface area (Å²) in [6.07, 6.45) is 0. The molecule has 0 atom stereocenters. The highest BCUT2D eigenvalue weighted by atomic mass is 16.5. The summed E-state index contributed by atoms with van der Waals surface area (Å²) in [6, 6.07) is 16.6. The van der Waals surface area contributed by atoms with E-state index in [1.54, 1.807) is 7.11 Å². The van der Waals surface area contributed by atoms with Gasteiger partial charge in [0.1, 0.15) is 5.75 Å². The molecule has 0 aliphatic carbocycles. The minimum Gasteiger partial charge on any atom is -0.496 e. The van der Waals surface area contributed by atoms with Crippen molar-refractivity contribution in [1.82, 2.24) is 0 Å². The Bertz CT molecular complexity index is 446. The molecule has 0 amide bonds. The summed E-state index contributed by atoms with van der Waals surface area (Å²) in [5.41, 5.74) is 3.58. The quantitative estimate of drug-likeness (QED) is 0.715. The molecular weight excluding hydrogens is 184 g/mol. The smallest absolute Gasteiger partial charge is 0.122 e. The maximum atomic E-state index is 5.31. The van der Waals surface area contributed by atoms with E-state index in [0.29, 0.717) is 0 Å². The van der Waals surface area contributed by atoms with Gasteiger partial charge in [-0.25, -0.2) is 0 Å². The summed E-state index contributed by atoms with van der Waals surface area (Å²) >= 11 is 0. The third-order valence-electron chi connectivity index (χ3n) is 2.52. The molecule has 0 aliphatic rings. The molecule has 76 valence electrons. The van der Waals surface area contributed by atoms with E-state index in [0.717, 1.165) is 11.3 Å². The summed E-state index contributed by atoms with van der Waals surface area (Å²) in [6.45, 7) is 2.05. The van der Waals surface area contributed by atoms with Gasteiger partial charge < -0.3 is 4.74 Å². The molecule has 0 saturated heterocycles. The topological polar surface area (TPSA) is 9.23 Å². The third-order valence-corrected chi connectivity index (χ3v) is 2.52. The molecule has 0 spiro atoms. The molecule has 0 unspecified atom stereocenters. The zero-order valence-corrected chi connectivity index (χ0v) is 9.03. The molecule has 1 heteroatoms. The first kappa shape index (κ1) is 9.78. The lowest BCUT2D eigenvalue weighted by Crippen LogP contribution is -1.87. The van der Waals surface area contributed by atoms with Gasteiger partial charge in [0.15, 0.2) is 0 Å². The van der Waals surface area contributed by atoms with Crippen LogP contribution in [0.25, 0.3) is 11.1 Å². The van der Waals surface area contributed by atoms with E-state index in [1.165, 1.54) is 11.1 Å². The highest BCUT2D eigenvalue weighted by Crippen LogP contribution is 2.26. The summed E-state index contributed by atoms with van der Waals surface area (Å²) in [5, 5.41) is 0. The summed E-state index contributed by atoms with van der Waals surface area (Å²) < 4.78 is 5.31. The Morgan fingerprint density at radius 3 is 2.27 bits per heavy atom. The minimum absolute atomic E-state index is 0.941. The van der Waals surface area contributed by atoms with E-state index in [2.05, 4.69) is 30.3 Å². The van der Waals surface area contributed by atoms with Crippen molar-refractivity contribution >= 4 is 0 Å². The van der Waals surface area contributed by atoms with E-state index >= 15 is 0 Å². The molecule has 0 fully saturated rings. The lowest BCUT2D eigenvalue weighted by Gasteiger charge is -2.07. The number of rotatable bonds is 2. The molecule has 0 aromatic heterocycles. The first-order chi connectivity index (χ1) is 7.31. The van der Waals surface area contributed by atoms with Crippen LogP contribution in [0.2, 0.25) is 0 Å². The lowest BCUT2D eigenvalue weighted by atomic mass is 10.0. The Balaban J connectivity index is 2.46. The second kappa shape index (κ2) is 4.18. The lowest BCUT2D eigenvalue weighted by molar-refractivity contribution is 0.412. The van der Waals surface area contributed by atoms with Crippen LogP contribution >= 0.6 is 0 Å². The predicted octanol–water partition coefficient (Wildman–Crippen LogP) is 3.67. The molecule has 2 aromatic carbocycles. The van der Waals surface area contributed by atoms with Gasteiger partial charge in [0.05, 0.1) is 7.11 Å². The van der Waals surface area contributed by atoms with Crippen LogP contribution in [-0.2, 0) is 0 Å². The van der Waals surface area contributed by atoms with Gasteiger partial charge in [0.25, 0.3) is 0 Å². The SMILES string of the molecule is COc1cc(-c2ccccc2)ccc1C. The molecule has 0 radical (unpaired) electrons. The van der Waals surface area contributed by atoms with Crippen LogP contribution in [0.1, 0.15) is 5.56 Å². The first-order valence-electron chi connectivity index (χ1n) is 5.01. The van der Waals surface area contributed by atoms with Gasteiger partial charge >= 0.3 is 0 Å². The van der Waals surface area contributed by atoms with Gasteiger partial charge in [-0.15, -0.1) is 0 Å². The Labute approximate surface area is 90.3 Å². The molecule has 0 aliphatic heterocycles. The van der Waals surface area contributed by atoms with Crippen molar-refractivity contribution in [2.45, 2.75) is 6.92 Å². The van der Waals surface area contributed by atoms with Gasteiger partial charge in [-0.3, -0.25) is 0 Å². The molecule has 0 bridgehead atoms. The van der Waals surface area contributed by atoms with Gasteiger partial charge in [-0.05, 0) is 29.7 Å². The molecule has 0 saturated carbocycles. The number of methoxy groups -OCH3 is 1. The normalized spacial score (nSPS) is 10.0. The Morgan fingerprint density at radius 2 is 1.60 bits per heavy atom. The number of aryl methyl sites for hydroxylation is 1. The standard InChI is InChI=1S/C14H14O/c1-11-8-9-13(10-14(11)15-2)12-6-4-3-5-7-12/h3-10H,1-2H3. The van der Waals surface area contributed by atoms with Gasteiger partial charge in [-0.2, -0.15) is 0 Å². The van der Waals surface area contributed by atoms with Crippen LogP contribution in [0.5, 0.6) is 5.75 Å².